The van der Waals surface area contributed by atoms with Gasteiger partial charge in [-0.05, 0) is 30.7 Å². The second kappa shape index (κ2) is 5.06. The SMILES string of the molecule is Cc1cccc(C(=O)Nc2ccc(O)c(F)c2)c1F. The van der Waals surface area contributed by atoms with Gasteiger partial charge in [-0.1, -0.05) is 12.1 Å². The third-order valence-corrected chi connectivity index (χ3v) is 2.64. The van der Waals surface area contributed by atoms with Crippen LogP contribution in [0.25, 0.3) is 0 Å². The van der Waals surface area contributed by atoms with E-state index < -0.39 is 23.3 Å². The summed E-state index contributed by atoms with van der Waals surface area (Å²) in [6.07, 6.45) is 0. The molecule has 0 radical (unpaired) electrons. The summed E-state index contributed by atoms with van der Waals surface area (Å²) in [6, 6.07) is 7.84. The van der Waals surface area contributed by atoms with Crippen molar-refractivity contribution in [1.29, 1.82) is 0 Å². The Balaban J connectivity index is 2.26. The molecule has 2 rings (SSSR count). The third-order valence-electron chi connectivity index (χ3n) is 2.64. The summed E-state index contributed by atoms with van der Waals surface area (Å²) in [5.74, 6) is -2.66. The molecule has 0 fully saturated rings. The smallest absolute Gasteiger partial charge is 0.258 e. The maximum Gasteiger partial charge on any atom is 0.258 e. The first-order valence-electron chi connectivity index (χ1n) is 5.54. The second-order valence-electron chi connectivity index (χ2n) is 4.06. The highest BCUT2D eigenvalue weighted by molar-refractivity contribution is 6.04. The molecule has 0 saturated heterocycles. The van der Waals surface area contributed by atoms with Crippen LogP contribution < -0.4 is 5.32 Å². The number of anilines is 1. The van der Waals surface area contributed by atoms with Crippen molar-refractivity contribution >= 4 is 11.6 Å². The molecule has 3 nitrogen and oxygen atoms in total. The number of nitrogens with one attached hydrogen (secondary N) is 1. The van der Waals surface area contributed by atoms with Gasteiger partial charge in [-0.25, -0.2) is 8.78 Å². The summed E-state index contributed by atoms with van der Waals surface area (Å²) in [5, 5.41) is 11.4. The van der Waals surface area contributed by atoms with Crippen LogP contribution in [-0.4, -0.2) is 11.0 Å². The van der Waals surface area contributed by atoms with Crippen LogP contribution >= 0.6 is 0 Å². The number of phenols is 1. The summed E-state index contributed by atoms with van der Waals surface area (Å²) in [4.78, 5) is 11.8. The van der Waals surface area contributed by atoms with Crippen molar-refractivity contribution in [3.8, 4) is 5.75 Å². The molecule has 0 spiro atoms. The lowest BCUT2D eigenvalue weighted by atomic mass is 10.1. The average Bonchev–Trinajstić information content (AvgIpc) is 2.37. The first-order chi connectivity index (χ1) is 8.99. The molecular weight excluding hydrogens is 252 g/mol. The van der Waals surface area contributed by atoms with Crippen molar-refractivity contribution in [1.82, 2.24) is 0 Å². The van der Waals surface area contributed by atoms with E-state index in [0.717, 1.165) is 12.1 Å². The molecule has 0 bridgehead atoms. The molecule has 2 N–H and O–H groups in total. The van der Waals surface area contributed by atoms with E-state index in [1.165, 1.54) is 12.1 Å². The Morgan fingerprint density at radius 2 is 1.95 bits per heavy atom. The number of rotatable bonds is 2. The maximum absolute atomic E-state index is 13.7. The number of halogens is 2. The van der Waals surface area contributed by atoms with E-state index in [4.69, 9.17) is 5.11 Å². The summed E-state index contributed by atoms with van der Waals surface area (Å²) >= 11 is 0. The largest absolute Gasteiger partial charge is 0.505 e. The molecule has 0 saturated carbocycles. The topological polar surface area (TPSA) is 49.3 Å². The number of carbonyl (C=O) groups excluding carboxylic acids is 1. The number of hydrogen-bond acceptors (Lipinski definition) is 2. The molecular formula is C14H11F2NO2. The normalized spacial score (nSPS) is 10.3. The Labute approximate surface area is 108 Å². The third kappa shape index (κ3) is 2.70. The minimum absolute atomic E-state index is 0.117. The fourth-order valence-electron chi connectivity index (χ4n) is 1.61. The van der Waals surface area contributed by atoms with Gasteiger partial charge in [0.1, 0.15) is 5.82 Å². The first-order valence-corrected chi connectivity index (χ1v) is 5.54. The zero-order valence-electron chi connectivity index (χ0n) is 10.1. The van der Waals surface area contributed by atoms with Crippen molar-refractivity contribution in [3.63, 3.8) is 0 Å². The minimum atomic E-state index is -0.859. The van der Waals surface area contributed by atoms with Gasteiger partial charge < -0.3 is 10.4 Å². The molecule has 0 aliphatic rings. The van der Waals surface area contributed by atoms with Crippen LogP contribution in [0.3, 0.4) is 0 Å². The number of amides is 1. The van der Waals surface area contributed by atoms with Crippen LogP contribution in [0.5, 0.6) is 5.75 Å². The molecule has 0 aromatic heterocycles. The number of aromatic hydroxyl groups is 1. The molecule has 2 aromatic carbocycles. The van der Waals surface area contributed by atoms with E-state index in [-0.39, 0.29) is 11.3 Å². The van der Waals surface area contributed by atoms with Gasteiger partial charge >= 0.3 is 0 Å². The molecule has 98 valence electrons. The average molecular weight is 263 g/mol. The first kappa shape index (κ1) is 13.0. The molecule has 0 aliphatic heterocycles. The minimum Gasteiger partial charge on any atom is -0.505 e. The van der Waals surface area contributed by atoms with Crippen LogP contribution in [-0.2, 0) is 0 Å². The monoisotopic (exact) mass is 263 g/mol. The van der Waals surface area contributed by atoms with Crippen molar-refractivity contribution in [3.05, 3.63) is 59.2 Å². The van der Waals surface area contributed by atoms with E-state index in [2.05, 4.69) is 5.32 Å². The number of aryl methyl sites for hydroxylation is 1. The quantitative estimate of drug-likeness (QED) is 0.817. The van der Waals surface area contributed by atoms with E-state index in [1.807, 2.05) is 0 Å². The lowest BCUT2D eigenvalue weighted by Crippen LogP contribution is -2.14. The van der Waals surface area contributed by atoms with Gasteiger partial charge in [-0.15, -0.1) is 0 Å². The molecule has 0 unspecified atom stereocenters. The Hall–Kier alpha value is -2.43. The number of benzene rings is 2. The van der Waals surface area contributed by atoms with Crippen molar-refractivity contribution < 1.29 is 18.7 Å². The zero-order valence-corrected chi connectivity index (χ0v) is 10.1. The van der Waals surface area contributed by atoms with Gasteiger partial charge in [-0.2, -0.15) is 0 Å². The molecule has 0 heterocycles. The van der Waals surface area contributed by atoms with Crippen molar-refractivity contribution in [2.75, 3.05) is 5.32 Å². The zero-order chi connectivity index (χ0) is 14.0. The highest BCUT2D eigenvalue weighted by Gasteiger charge is 2.13. The Morgan fingerprint density at radius 3 is 2.63 bits per heavy atom. The van der Waals surface area contributed by atoms with E-state index in [9.17, 15) is 13.6 Å². The Bertz CT molecular complexity index is 641. The maximum atomic E-state index is 13.7. The number of hydrogen-bond donors (Lipinski definition) is 2. The summed E-state index contributed by atoms with van der Waals surface area (Å²) in [6.45, 7) is 1.55. The second-order valence-corrected chi connectivity index (χ2v) is 4.06. The van der Waals surface area contributed by atoms with Crippen LogP contribution in [0.1, 0.15) is 15.9 Å². The van der Waals surface area contributed by atoms with E-state index >= 15 is 0 Å². The predicted octanol–water partition coefficient (Wildman–Crippen LogP) is 3.23. The highest BCUT2D eigenvalue weighted by atomic mass is 19.1. The van der Waals surface area contributed by atoms with E-state index in [1.54, 1.807) is 19.1 Å². The van der Waals surface area contributed by atoms with Gasteiger partial charge in [0.05, 0.1) is 5.56 Å². The molecule has 0 atom stereocenters. The molecule has 5 heteroatoms. The molecule has 0 aliphatic carbocycles. The molecule has 2 aromatic rings. The summed E-state index contributed by atoms with van der Waals surface area (Å²) in [7, 11) is 0. The fourth-order valence-corrected chi connectivity index (χ4v) is 1.61. The van der Waals surface area contributed by atoms with Crippen molar-refractivity contribution in [2.45, 2.75) is 6.92 Å². The van der Waals surface area contributed by atoms with Crippen LogP contribution in [0.4, 0.5) is 14.5 Å². The van der Waals surface area contributed by atoms with Gasteiger partial charge in [0, 0.05) is 11.8 Å². The van der Waals surface area contributed by atoms with Crippen LogP contribution in [0.15, 0.2) is 36.4 Å². The van der Waals surface area contributed by atoms with Gasteiger partial charge in [-0.3, -0.25) is 4.79 Å². The number of carbonyl (C=O) groups is 1. The van der Waals surface area contributed by atoms with Crippen LogP contribution in [0, 0.1) is 18.6 Å². The number of phenolic OH excluding ortho intramolecular Hbond substituents is 1. The highest BCUT2D eigenvalue weighted by Crippen LogP contribution is 2.20. The fraction of sp³-hybridized carbons (Fsp3) is 0.0714. The standard InChI is InChI=1S/C14H11F2NO2/c1-8-3-2-4-10(13(8)16)14(19)17-9-5-6-12(18)11(15)7-9/h2-7,18H,1H3,(H,17,19). The Kier molecular flexibility index (Phi) is 3.46. The van der Waals surface area contributed by atoms with Crippen LogP contribution in [0.2, 0.25) is 0 Å². The molecule has 1 amide bonds. The lowest BCUT2D eigenvalue weighted by molar-refractivity contribution is 0.102. The van der Waals surface area contributed by atoms with Crippen molar-refractivity contribution in [2.24, 2.45) is 0 Å². The van der Waals surface area contributed by atoms with E-state index in [0.29, 0.717) is 5.56 Å². The van der Waals surface area contributed by atoms with Gasteiger partial charge in [0.15, 0.2) is 11.6 Å². The van der Waals surface area contributed by atoms with Gasteiger partial charge in [0.2, 0.25) is 0 Å². The van der Waals surface area contributed by atoms with Gasteiger partial charge in [0.25, 0.3) is 5.91 Å². The molecule has 19 heavy (non-hydrogen) atoms. The Morgan fingerprint density at radius 1 is 1.21 bits per heavy atom. The predicted molar refractivity (Wildman–Crippen MR) is 67.2 cm³/mol. The summed E-state index contributed by atoms with van der Waals surface area (Å²) < 4.78 is 26.8. The lowest BCUT2D eigenvalue weighted by Gasteiger charge is -2.08. The summed E-state index contributed by atoms with van der Waals surface area (Å²) in [5.41, 5.74) is 0.374.